The van der Waals surface area contributed by atoms with E-state index in [2.05, 4.69) is 29.7 Å². The quantitative estimate of drug-likeness (QED) is 0.524. The molecule has 0 heterocycles. The van der Waals surface area contributed by atoms with Crippen LogP contribution in [0.25, 0.3) is 0 Å². The summed E-state index contributed by atoms with van der Waals surface area (Å²) in [6.07, 6.45) is 0. The van der Waals surface area contributed by atoms with E-state index in [1.165, 1.54) is 5.56 Å². The molecule has 24 heavy (non-hydrogen) atoms. The lowest BCUT2D eigenvalue weighted by Crippen LogP contribution is -2.46. The Bertz CT molecular complexity index is 614. The first-order chi connectivity index (χ1) is 11.1. The Morgan fingerprint density at radius 2 is 1.58 bits per heavy atom. The lowest BCUT2D eigenvalue weighted by atomic mass is 10.1. The highest BCUT2D eigenvalue weighted by Crippen LogP contribution is 2.58. The monoisotopic (exact) mass is 372 g/mol. The Kier molecular flexibility index (Phi) is 7.42. The molecule has 0 spiro atoms. The van der Waals surface area contributed by atoms with Crippen molar-refractivity contribution in [2.45, 2.75) is 53.7 Å². The molecule has 7 heteroatoms. The minimum absolute atomic E-state index is 0.304. The Morgan fingerprint density at radius 1 is 1.12 bits per heavy atom. The fraction of sp³-hybridized carbons (Fsp3) is 0.588. The smallest absolute Gasteiger partial charge is 0.346 e. The zero-order valence-corrected chi connectivity index (χ0v) is 17.4. The van der Waals surface area contributed by atoms with Crippen LogP contribution in [-0.4, -0.2) is 23.6 Å². The molecule has 0 aliphatic heterocycles. The Hall–Kier alpha value is -0.940. The molecule has 0 fully saturated rings. The van der Waals surface area contributed by atoms with Crippen LogP contribution in [0.2, 0.25) is 0 Å². The molecule has 0 bridgehead atoms. The van der Waals surface area contributed by atoms with Gasteiger partial charge in [0, 0.05) is 5.69 Å². The van der Waals surface area contributed by atoms with Crippen molar-refractivity contribution < 1.29 is 13.6 Å². The van der Waals surface area contributed by atoms with E-state index in [0.29, 0.717) is 18.3 Å². The third-order valence-electron chi connectivity index (χ3n) is 3.62. The van der Waals surface area contributed by atoms with Gasteiger partial charge in [-0.3, -0.25) is 4.57 Å². The highest BCUT2D eigenvalue weighted by atomic mass is 32.1. The predicted octanol–water partition coefficient (Wildman–Crippen LogP) is 4.90. The molecule has 0 radical (unpaired) electrons. The first kappa shape index (κ1) is 21.1. The average Bonchev–Trinajstić information content (AvgIpc) is 2.42. The molecule has 0 aliphatic carbocycles. The van der Waals surface area contributed by atoms with E-state index in [1.54, 1.807) is 27.7 Å². The fourth-order valence-corrected chi connectivity index (χ4v) is 4.65. The summed E-state index contributed by atoms with van der Waals surface area (Å²) in [5.41, 5.74) is 4.36. The fourth-order valence-electron chi connectivity index (χ4n) is 2.57. The summed E-state index contributed by atoms with van der Waals surface area (Å²) < 4.78 is 23.9. The molecule has 0 aromatic heterocycles. The lowest BCUT2D eigenvalue weighted by molar-refractivity contribution is 0.198. The highest BCUT2D eigenvalue weighted by Gasteiger charge is 2.44. The first-order valence-electron chi connectivity index (χ1n) is 8.12. The van der Waals surface area contributed by atoms with E-state index < -0.39 is 12.9 Å². The number of aryl methyl sites for hydroxylation is 3. The maximum atomic E-state index is 13.0. The van der Waals surface area contributed by atoms with Gasteiger partial charge in [-0.1, -0.05) is 17.7 Å². The second-order valence-electron chi connectivity index (χ2n) is 6.24. The van der Waals surface area contributed by atoms with Crippen molar-refractivity contribution in [2.24, 2.45) is 0 Å². The normalized spacial score (nSPS) is 12.1. The Morgan fingerprint density at radius 3 is 2.00 bits per heavy atom. The number of thiocarbonyl (C=S) groups is 1. The molecule has 0 saturated carbocycles. The van der Waals surface area contributed by atoms with Crippen molar-refractivity contribution in [3.63, 3.8) is 0 Å². The summed E-state index contributed by atoms with van der Waals surface area (Å²) in [5.74, 6) is 0. The molecule has 0 saturated heterocycles. The van der Waals surface area contributed by atoms with Gasteiger partial charge in [0.25, 0.3) is 0 Å². The maximum absolute atomic E-state index is 13.0. The molecule has 5 nitrogen and oxygen atoms in total. The standard InChI is InChI=1S/C17H29N2O3PS/c1-8-21-23(20,22-9-2)17(6,7)19-16(24)18-15-13(4)10-12(3)11-14(15)5/h10-11H,8-9H2,1-7H3,(H2,18,19,24). The van der Waals surface area contributed by atoms with Crippen LogP contribution in [0.1, 0.15) is 44.4 Å². The third-order valence-corrected chi connectivity index (χ3v) is 6.50. The second-order valence-corrected chi connectivity index (χ2v) is 9.28. The van der Waals surface area contributed by atoms with Gasteiger partial charge in [-0.05, 0) is 71.8 Å². The SMILES string of the molecule is CCOP(=O)(OCC)C(C)(C)NC(=S)Nc1c(C)cc(C)cc1C. The molecular weight excluding hydrogens is 343 g/mol. The van der Waals surface area contributed by atoms with E-state index in [1.807, 2.05) is 13.8 Å². The molecule has 2 N–H and O–H groups in total. The molecular formula is C17H29N2O3PS. The zero-order chi connectivity index (χ0) is 18.5. The molecule has 1 aromatic rings. The van der Waals surface area contributed by atoms with Gasteiger partial charge >= 0.3 is 7.60 Å². The summed E-state index contributed by atoms with van der Waals surface area (Å²) in [6.45, 7) is 13.8. The van der Waals surface area contributed by atoms with Gasteiger partial charge < -0.3 is 19.7 Å². The van der Waals surface area contributed by atoms with E-state index in [4.69, 9.17) is 21.3 Å². The third kappa shape index (κ3) is 5.03. The van der Waals surface area contributed by atoms with E-state index >= 15 is 0 Å². The zero-order valence-electron chi connectivity index (χ0n) is 15.6. The van der Waals surface area contributed by atoms with Crippen LogP contribution in [0.15, 0.2) is 12.1 Å². The van der Waals surface area contributed by atoms with Crippen LogP contribution in [0, 0.1) is 20.8 Å². The number of hydrogen-bond acceptors (Lipinski definition) is 4. The molecule has 0 aliphatic rings. The number of nitrogens with one attached hydrogen (secondary N) is 2. The van der Waals surface area contributed by atoms with Crippen molar-refractivity contribution in [3.8, 4) is 0 Å². The minimum atomic E-state index is -3.35. The van der Waals surface area contributed by atoms with Crippen LogP contribution in [0.4, 0.5) is 5.69 Å². The van der Waals surface area contributed by atoms with Gasteiger partial charge in [-0.15, -0.1) is 0 Å². The summed E-state index contributed by atoms with van der Waals surface area (Å²) >= 11 is 5.42. The van der Waals surface area contributed by atoms with Crippen molar-refractivity contribution in [3.05, 3.63) is 28.8 Å². The molecule has 0 unspecified atom stereocenters. The largest absolute Gasteiger partial charge is 0.355 e. The van der Waals surface area contributed by atoms with Crippen molar-refractivity contribution >= 4 is 30.6 Å². The molecule has 1 aromatic carbocycles. The van der Waals surface area contributed by atoms with E-state index in [-0.39, 0.29) is 0 Å². The summed E-state index contributed by atoms with van der Waals surface area (Å²) in [6, 6.07) is 4.18. The second kappa shape index (κ2) is 8.43. The lowest BCUT2D eigenvalue weighted by Gasteiger charge is -2.34. The van der Waals surface area contributed by atoms with Crippen LogP contribution in [0.5, 0.6) is 0 Å². The first-order valence-corrected chi connectivity index (χ1v) is 10.1. The van der Waals surface area contributed by atoms with Gasteiger partial charge in [-0.25, -0.2) is 0 Å². The van der Waals surface area contributed by atoms with Gasteiger partial charge in [-0.2, -0.15) is 0 Å². The predicted molar refractivity (Wildman–Crippen MR) is 105 cm³/mol. The number of benzene rings is 1. The van der Waals surface area contributed by atoms with Crippen LogP contribution in [-0.2, 0) is 13.6 Å². The highest BCUT2D eigenvalue weighted by molar-refractivity contribution is 7.80. The molecule has 0 amide bonds. The van der Waals surface area contributed by atoms with E-state index in [0.717, 1.165) is 16.8 Å². The summed E-state index contributed by atoms with van der Waals surface area (Å²) in [4.78, 5) is 0. The maximum Gasteiger partial charge on any atom is 0.355 e. The molecule has 1 rings (SSSR count). The van der Waals surface area contributed by atoms with Gasteiger partial charge in [0.05, 0.1) is 13.2 Å². The van der Waals surface area contributed by atoms with Crippen LogP contribution < -0.4 is 10.6 Å². The Labute approximate surface area is 151 Å². The number of hydrogen-bond donors (Lipinski definition) is 2. The summed E-state index contributed by atoms with van der Waals surface area (Å²) in [5, 5.41) is 5.73. The van der Waals surface area contributed by atoms with Crippen molar-refractivity contribution in [1.82, 2.24) is 5.32 Å². The number of rotatable bonds is 7. The van der Waals surface area contributed by atoms with E-state index in [9.17, 15) is 4.57 Å². The van der Waals surface area contributed by atoms with Crippen LogP contribution >= 0.6 is 19.8 Å². The summed E-state index contributed by atoms with van der Waals surface area (Å²) in [7, 11) is -3.35. The van der Waals surface area contributed by atoms with Gasteiger partial charge in [0.2, 0.25) is 0 Å². The minimum Gasteiger partial charge on any atom is -0.346 e. The van der Waals surface area contributed by atoms with Crippen molar-refractivity contribution in [1.29, 1.82) is 0 Å². The molecule has 0 atom stereocenters. The average molecular weight is 372 g/mol. The van der Waals surface area contributed by atoms with Gasteiger partial charge in [0.1, 0.15) is 5.28 Å². The van der Waals surface area contributed by atoms with Crippen molar-refractivity contribution in [2.75, 3.05) is 18.5 Å². The van der Waals surface area contributed by atoms with Gasteiger partial charge in [0.15, 0.2) is 5.11 Å². The van der Waals surface area contributed by atoms with Crippen LogP contribution in [0.3, 0.4) is 0 Å². The Balaban J connectivity index is 2.95. The number of anilines is 1. The topological polar surface area (TPSA) is 59.6 Å². The molecule has 136 valence electrons.